The summed E-state index contributed by atoms with van der Waals surface area (Å²) in [6.07, 6.45) is 2.46. The molecule has 0 unspecified atom stereocenters. The van der Waals surface area contributed by atoms with Crippen LogP contribution in [0.15, 0.2) is 6.07 Å². The summed E-state index contributed by atoms with van der Waals surface area (Å²) < 4.78 is 2.08. The van der Waals surface area contributed by atoms with E-state index in [2.05, 4.69) is 48.2 Å². The molecule has 3 rings (SSSR count). The Hall–Kier alpha value is -2.22. The topological polar surface area (TPSA) is 91.7 Å². The lowest BCUT2D eigenvalue weighted by Gasteiger charge is -2.17. The van der Waals surface area contributed by atoms with Gasteiger partial charge in [0, 0.05) is 19.6 Å². The second-order valence-electron chi connectivity index (χ2n) is 6.27. The van der Waals surface area contributed by atoms with Crippen LogP contribution < -0.4 is 5.32 Å². The van der Waals surface area contributed by atoms with Gasteiger partial charge in [0.25, 0.3) is 0 Å². The summed E-state index contributed by atoms with van der Waals surface area (Å²) in [7, 11) is 0. The van der Waals surface area contributed by atoms with Gasteiger partial charge in [-0.3, -0.25) is 19.5 Å². The van der Waals surface area contributed by atoms with Crippen molar-refractivity contribution in [2.45, 2.75) is 52.7 Å². The third-order valence-corrected chi connectivity index (χ3v) is 4.11. The van der Waals surface area contributed by atoms with Gasteiger partial charge in [-0.1, -0.05) is 6.92 Å². The monoisotopic (exact) mass is 331 g/mol. The normalized spacial score (nSPS) is 15.1. The standard InChI is InChI=1S/C16H25N7O/c1-3-5-22-6-4-7-23-14(11-22)8-13(21-23)10-17-16(24)9-15-18-12(2)19-20-15/h8H,3-7,9-11H2,1-2H3,(H,17,24)(H,18,19,20). The van der Waals surface area contributed by atoms with Crippen LogP contribution in [0.4, 0.5) is 0 Å². The molecular weight excluding hydrogens is 306 g/mol. The molecule has 2 aromatic heterocycles. The van der Waals surface area contributed by atoms with Crippen LogP contribution in [-0.4, -0.2) is 48.9 Å². The maximum Gasteiger partial charge on any atom is 0.228 e. The molecule has 8 nitrogen and oxygen atoms in total. The minimum absolute atomic E-state index is 0.0928. The van der Waals surface area contributed by atoms with E-state index in [0.29, 0.717) is 18.2 Å². The third kappa shape index (κ3) is 4.19. The van der Waals surface area contributed by atoms with Gasteiger partial charge in [0.2, 0.25) is 5.91 Å². The average Bonchev–Trinajstić information content (AvgIpc) is 3.07. The van der Waals surface area contributed by atoms with Crippen molar-refractivity contribution < 1.29 is 4.79 Å². The molecule has 8 heteroatoms. The summed E-state index contributed by atoms with van der Waals surface area (Å²) in [5.41, 5.74) is 2.14. The van der Waals surface area contributed by atoms with E-state index in [9.17, 15) is 4.79 Å². The number of carbonyl (C=O) groups excluding carboxylic acids is 1. The Morgan fingerprint density at radius 2 is 2.29 bits per heavy atom. The van der Waals surface area contributed by atoms with Gasteiger partial charge in [-0.15, -0.1) is 0 Å². The molecule has 0 spiro atoms. The van der Waals surface area contributed by atoms with Gasteiger partial charge >= 0.3 is 0 Å². The fraction of sp³-hybridized carbons (Fsp3) is 0.625. The summed E-state index contributed by atoms with van der Waals surface area (Å²) in [6.45, 7) is 8.58. The molecule has 1 amide bonds. The minimum atomic E-state index is -0.0928. The number of nitrogens with zero attached hydrogens (tertiary/aromatic N) is 5. The molecule has 0 radical (unpaired) electrons. The number of H-pyrrole nitrogens is 1. The molecule has 24 heavy (non-hydrogen) atoms. The van der Waals surface area contributed by atoms with Gasteiger partial charge in [-0.2, -0.15) is 10.2 Å². The smallest absolute Gasteiger partial charge is 0.228 e. The van der Waals surface area contributed by atoms with Crippen molar-refractivity contribution in [1.82, 2.24) is 35.2 Å². The van der Waals surface area contributed by atoms with Crippen LogP contribution in [0.2, 0.25) is 0 Å². The first-order valence-electron chi connectivity index (χ1n) is 8.56. The highest BCUT2D eigenvalue weighted by atomic mass is 16.1. The Labute approximate surface area is 141 Å². The van der Waals surface area contributed by atoms with Crippen LogP contribution in [0.25, 0.3) is 0 Å². The highest BCUT2D eigenvalue weighted by molar-refractivity contribution is 5.77. The van der Waals surface area contributed by atoms with Gasteiger partial charge in [0.05, 0.1) is 24.4 Å². The molecule has 0 bridgehead atoms. The van der Waals surface area contributed by atoms with Gasteiger partial charge in [-0.05, 0) is 32.4 Å². The molecule has 0 atom stereocenters. The van der Waals surface area contributed by atoms with E-state index in [1.54, 1.807) is 0 Å². The number of nitrogens with one attached hydrogen (secondary N) is 2. The number of fused-ring (bicyclic) bond motifs is 1. The van der Waals surface area contributed by atoms with Gasteiger partial charge in [0.1, 0.15) is 5.82 Å². The Morgan fingerprint density at radius 1 is 1.42 bits per heavy atom. The highest BCUT2D eigenvalue weighted by Crippen LogP contribution is 2.14. The van der Waals surface area contributed by atoms with Crippen molar-refractivity contribution >= 4 is 5.91 Å². The zero-order valence-electron chi connectivity index (χ0n) is 14.4. The van der Waals surface area contributed by atoms with Crippen LogP contribution in [0.5, 0.6) is 0 Å². The number of hydrogen-bond donors (Lipinski definition) is 2. The Kier molecular flexibility index (Phi) is 5.24. The zero-order valence-corrected chi connectivity index (χ0v) is 14.4. The minimum Gasteiger partial charge on any atom is -0.350 e. The third-order valence-electron chi connectivity index (χ3n) is 4.11. The number of aryl methyl sites for hydroxylation is 2. The maximum atomic E-state index is 12.0. The molecule has 0 saturated carbocycles. The second kappa shape index (κ2) is 7.57. The SMILES string of the molecule is CCCN1CCCn2nc(CNC(=O)Cc3n[nH]c(C)n3)cc2C1. The number of hydrogen-bond acceptors (Lipinski definition) is 5. The van der Waals surface area contributed by atoms with Crippen molar-refractivity contribution in [3.05, 3.63) is 29.1 Å². The van der Waals surface area contributed by atoms with E-state index in [4.69, 9.17) is 0 Å². The van der Waals surface area contributed by atoms with Gasteiger partial charge in [-0.25, -0.2) is 4.98 Å². The fourth-order valence-electron chi connectivity index (χ4n) is 3.04. The van der Waals surface area contributed by atoms with Crippen molar-refractivity contribution in [2.24, 2.45) is 0 Å². The molecule has 1 aliphatic rings. The number of carbonyl (C=O) groups is 1. The van der Waals surface area contributed by atoms with Crippen molar-refractivity contribution in [1.29, 1.82) is 0 Å². The average molecular weight is 331 g/mol. The van der Waals surface area contributed by atoms with E-state index in [-0.39, 0.29) is 12.3 Å². The van der Waals surface area contributed by atoms with E-state index in [0.717, 1.165) is 44.7 Å². The predicted molar refractivity (Wildman–Crippen MR) is 89.1 cm³/mol. The number of aromatic amines is 1. The van der Waals surface area contributed by atoms with E-state index in [1.165, 1.54) is 5.69 Å². The summed E-state index contributed by atoms with van der Waals surface area (Å²) in [6, 6.07) is 2.10. The van der Waals surface area contributed by atoms with E-state index >= 15 is 0 Å². The first-order chi connectivity index (χ1) is 11.6. The van der Waals surface area contributed by atoms with Crippen molar-refractivity contribution in [2.75, 3.05) is 13.1 Å². The lowest BCUT2D eigenvalue weighted by atomic mass is 10.3. The van der Waals surface area contributed by atoms with E-state index in [1.807, 2.05) is 6.92 Å². The fourth-order valence-corrected chi connectivity index (χ4v) is 3.04. The molecule has 3 heterocycles. The molecule has 0 saturated heterocycles. The molecule has 0 aromatic carbocycles. The summed E-state index contributed by atoms with van der Waals surface area (Å²) in [5.74, 6) is 1.14. The van der Waals surface area contributed by atoms with Crippen LogP contribution in [0.3, 0.4) is 0 Å². The number of amides is 1. The molecule has 0 fully saturated rings. The van der Waals surface area contributed by atoms with Gasteiger partial charge < -0.3 is 5.32 Å². The Morgan fingerprint density at radius 3 is 3.04 bits per heavy atom. The largest absolute Gasteiger partial charge is 0.350 e. The summed E-state index contributed by atoms with van der Waals surface area (Å²) in [4.78, 5) is 18.6. The van der Waals surface area contributed by atoms with Crippen molar-refractivity contribution in [3.8, 4) is 0 Å². The summed E-state index contributed by atoms with van der Waals surface area (Å²) >= 11 is 0. The number of aromatic nitrogens is 5. The number of rotatable bonds is 6. The molecule has 130 valence electrons. The lowest BCUT2D eigenvalue weighted by molar-refractivity contribution is -0.120. The quantitative estimate of drug-likeness (QED) is 0.816. The Bertz CT molecular complexity index is 690. The molecular formula is C16H25N7O. The first-order valence-corrected chi connectivity index (χ1v) is 8.56. The van der Waals surface area contributed by atoms with Crippen molar-refractivity contribution in [3.63, 3.8) is 0 Å². The molecule has 1 aliphatic heterocycles. The zero-order chi connectivity index (χ0) is 16.9. The molecule has 0 aliphatic carbocycles. The highest BCUT2D eigenvalue weighted by Gasteiger charge is 2.16. The molecule has 2 aromatic rings. The predicted octanol–water partition coefficient (Wildman–Crippen LogP) is 0.784. The first kappa shape index (κ1) is 16.6. The van der Waals surface area contributed by atoms with Crippen LogP contribution in [0, 0.1) is 6.92 Å². The van der Waals surface area contributed by atoms with Gasteiger partial charge in [0.15, 0.2) is 5.82 Å². The summed E-state index contributed by atoms with van der Waals surface area (Å²) in [5, 5.41) is 14.2. The maximum absolute atomic E-state index is 12.0. The lowest BCUT2D eigenvalue weighted by Crippen LogP contribution is -2.25. The second-order valence-corrected chi connectivity index (χ2v) is 6.27. The molecule has 2 N–H and O–H groups in total. The van der Waals surface area contributed by atoms with Crippen LogP contribution in [0.1, 0.15) is 42.8 Å². The Balaban J connectivity index is 1.54. The van der Waals surface area contributed by atoms with Crippen LogP contribution >= 0.6 is 0 Å². The van der Waals surface area contributed by atoms with E-state index < -0.39 is 0 Å². The van der Waals surface area contributed by atoms with Crippen LogP contribution in [-0.2, 0) is 30.8 Å².